The van der Waals surface area contributed by atoms with Gasteiger partial charge in [0.15, 0.2) is 0 Å². The molecule has 1 saturated carbocycles. The van der Waals surface area contributed by atoms with E-state index in [1.807, 2.05) is 0 Å². The standard InChI is InChI=1S/C56H51BN2/c1-36-20-13-14-25-41(36)37-32-43-42-26-19-28-45-51(42)59(48-29-16-15-27-44(48)56(45,38-21-9-7-10-22-38)39-23-11-8-12-24-39)57-47-35-40(53(2,3)4)34-46-52(47)58(49(33-37)50(43)57)55(6)31-18-17-30-54(46,55)5/h7-16,19-29,32-35H,17-18,30-31H2,1-6H3. The van der Waals surface area contributed by atoms with Crippen molar-refractivity contribution in [1.29, 1.82) is 0 Å². The molecule has 12 rings (SSSR count). The van der Waals surface area contributed by atoms with Crippen molar-refractivity contribution in [1.82, 2.24) is 0 Å². The van der Waals surface area contributed by atoms with Crippen LogP contribution in [0.25, 0.3) is 22.3 Å². The van der Waals surface area contributed by atoms with Crippen molar-refractivity contribution in [3.63, 3.8) is 0 Å². The summed E-state index contributed by atoms with van der Waals surface area (Å²) < 4.78 is 0. The number of benzene rings is 7. The van der Waals surface area contributed by atoms with Gasteiger partial charge in [-0.25, -0.2) is 0 Å². The first kappa shape index (κ1) is 35.2. The smallest absolute Gasteiger partial charge is 0.333 e. The van der Waals surface area contributed by atoms with Crippen molar-refractivity contribution in [2.75, 3.05) is 9.71 Å². The number of rotatable bonds is 3. The van der Waals surface area contributed by atoms with Crippen LogP contribution in [0.15, 0.2) is 152 Å². The van der Waals surface area contributed by atoms with Crippen LogP contribution in [0, 0.1) is 6.92 Å². The first-order valence-corrected chi connectivity index (χ1v) is 21.9. The number of anilines is 4. The molecule has 0 aromatic heterocycles. The van der Waals surface area contributed by atoms with E-state index in [0.29, 0.717) is 0 Å². The predicted octanol–water partition coefficient (Wildman–Crippen LogP) is 12.6. The van der Waals surface area contributed by atoms with E-state index in [2.05, 4.69) is 203 Å². The predicted molar refractivity (Wildman–Crippen MR) is 249 cm³/mol. The van der Waals surface area contributed by atoms with E-state index in [1.54, 1.807) is 5.56 Å². The highest BCUT2D eigenvalue weighted by atomic mass is 15.3. The van der Waals surface area contributed by atoms with Crippen molar-refractivity contribution in [2.24, 2.45) is 0 Å². The maximum atomic E-state index is 2.89. The molecule has 0 radical (unpaired) electrons. The van der Waals surface area contributed by atoms with Gasteiger partial charge in [0.1, 0.15) is 0 Å². The number of hydrogen-bond acceptors (Lipinski definition) is 2. The van der Waals surface area contributed by atoms with Gasteiger partial charge in [-0.15, -0.1) is 0 Å². The van der Waals surface area contributed by atoms with Crippen molar-refractivity contribution >= 4 is 40.5 Å². The molecule has 0 amide bonds. The molecule has 1 aliphatic carbocycles. The van der Waals surface area contributed by atoms with Crippen LogP contribution in [-0.4, -0.2) is 12.4 Å². The van der Waals surface area contributed by atoms with Crippen LogP contribution in [0.2, 0.25) is 0 Å². The average Bonchev–Trinajstić information content (AvgIpc) is 3.47. The highest BCUT2D eigenvalue weighted by Gasteiger charge is 2.63. The minimum atomic E-state index is -0.527. The molecule has 0 spiro atoms. The van der Waals surface area contributed by atoms with Crippen molar-refractivity contribution in [2.45, 2.75) is 89.0 Å². The van der Waals surface area contributed by atoms with Gasteiger partial charge in [-0.2, -0.15) is 0 Å². The van der Waals surface area contributed by atoms with Crippen LogP contribution in [-0.2, 0) is 16.2 Å². The summed E-state index contributed by atoms with van der Waals surface area (Å²) in [7, 11) is 0. The summed E-state index contributed by atoms with van der Waals surface area (Å²) in [5, 5.41) is 0. The summed E-state index contributed by atoms with van der Waals surface area (Å²) in [5.41, 5.74) is 22.7. The third kappa shape index (κ3) is 4.34. The Labute approximate surface area is 350 Å². The van der Waals surface area contributed by atoms with Gasteiger partial charge in [-0.3, -0.25) is 0 Å². The maximum absolute atomic E-state index is 2.89. The summed E-state index contributed by atoms with van der Waals surface area (Å²) in [6.07, 6.45) is 4.92. The summed E-state index contributed by atoms with van der Waals surface area (Å²) in [6, 6.07) is 58.6. The second-order valence-electron chi connectivity index (χ2n) is 19.6. The molecule has 59 heavy (non-hydrogen) atoms. The zero-order chi connectivity index (χ0) is 40.1. The molecule has 2 atom stereocenters. The average molecular weight is 763 g/mol. The first-order chi connectivity index (χ1) is 28.6. The summed E-state index contributed by atoms with van der Waals surface area (Å²) >= 11 is 0. The molecule has 7 aromatic rings. The first-order valence-electron chi connectivity index (χ1n) is 21.9. The Hall–Kier alpha value is -5.80. The van der Waals surface area contributed by atoms with Gasteiger partial charge in [0, 0.05) is 33.7 Å². The van der Waals surface area contributed by atoms with Crippen LogP contribution in [0.4, 0.5) is 22.7 Å². The fraction of sp³-hybridized carbons (Fsp3) is 0.250. The molecule has 2 nitrogen and oxygen atoms in total. The third-order valence-electron chi connectivity index (χ3n) is 15.7. The topological polar surface area (TPSA) is 6.48 Å². The molecule has 2 unspecified atom stereocenters. The molecule has 0 N–H and O–H groups in total. The molecule has 7 aromatic carbocycles. The Morgan fingerprint density at radius 2 is 1.20 bits per heavy atom. The van der Waals surface area contributed by atoms with E-state index in [-0.39, 0.29) is 23.2 Å². The van der Waals surface area contributed by atoms with Crippen LogP contribution >= 0.6 is 0 Å². The minimum absolute atomic E-state index is 0.00844. The highest BCUT2D eigenvalue weighted by Crippen LogP contribution is 2.65. The van der Waals surface area contributed by atoms with E-state index in [1.165, 1.54) is 115 Å². The van der Waals surface area contributed by atoms with Gasteiger partial charge in [0.05, 0.1) is 11.0 Å². The molecule has 3 heteroatoms. The van der Waals surface area contributed by atoms with Gasteiger partial charge in [-0.05, 0) is 117 Å². The Kier molecular flexibility index (Phi) is 7.10. The van der Waals surface area contributed by atoms with Crippen molar-refractivity contribution in [3.8, 4) is 22.3 Å². The largest absolute Gasteiger partial charge is 0.376 e. The lowest BCUT2D eigenvalue weighted by Crippen LogP contribution is -2.65. The van der Waals surface area contributed by atoms with E-state index < -0.39 is 5.41 Å². The second kappa shape index (κ2) is 11.9. The lowest BCUT2D eigenvalue weighted by Gasteiger charge is -2.55. The van der Waals surface area contributed by atoms with Crippen LogP contribution in [0.1, 0.15) is 99.2 Å². The Bertz CT molecular complexity index is 2850. The quantitative estimate of drug-likeness (QED) is 0.165. The minimum Gasteiger partial charge on any atom is -0.376 e. The zero-order valence-electron chi connectivity index (χ0n) is 35.2. The molecule has 0 bridgehead atoms. The number of nitrogens with zero attached hydrogens (tertiary/aromatic N) is 2. The number of aryl methyl sites for hydroxylation is 1. The maximum Gasteiger partial charge on any atom is 0.333 e. The molecule has 1 fully saturated rings. The van der Waals surface area contributed by atoms with Gasteiger partial charge in [0.2, 0.25) is 0 Å². The molecular weight excluding hydrogens is 711 g/mol. The Balaban J connectivity index is 1.28. The number of para-hydroxylation sites is 2. The Morgan fingerprint density at radius 1 is 0.559 bits per heavy atom. The molecule has 5 aliphatic rings. The number of hydrogen-bond donors (Lipinski definition) is 0. The summed E-state index contributed by atoms with van der Waals surface area (Å²) in [5.74, 6) is 0. The Morgan fingerprint density at radius 3 is 1.93 bits per heavy atom. The lowest BCUT2D eigenvalue weighted by atomic mass is 9.41. The summed E-state index contributed by atoms with van der Waals surface area (Å²) in [4.78, 5) is 5.69. The monoisotopic (exact) mass is 762 g/mol. The zero-order valence-corrected chi connectivity index (χ0v) is 35.2. The van der Waals surface area contributed by atoms with Crippen LogP contribution in [0.5, 0.6) is 0 Å². The van der Waals surface area contributed by atoms with E-state index in [0.717, 1.165) is 0 Å². The van der Waals surface area contributed by atoms with E-state index in [4.69, 9.17) is 0 Å². The van der Waals surface area contributed by atoms with E-state index in [9.17, 15) is 0 Å². The van der Waals surface area contributed by atoms with Gasteiger partial charge >= 0.3 is 6.85 Å². The third-order valence-corrected chi connectivity index (χ3v) is 15.7. The normalized spacial score (nSPS) is 21.3. The SMILES string of the molecule is Cc1ccccc1-c1cc2c3c(c1)N1c4c(cc(C(C)(C)C)cc4C4(C)CCCCC14C)B3N1c3ccccc3C(c3ccccc3)(c3ccccc3)c3cccc-2c31. The summed E-state index contributed by atoms with van der Waals surface area (Å²) in [6.45, 7) is 14.7. The van der Waals surface area contributed by atoms with Crippen molar-refractivity contribution < 1.29 is 0 Å². The van der Waals surface area contributed by atoms with E-state index >= 15 is 0 Å². The fourth-order valence-corrected chi connectivity index (χ4v) is 12.7. The lowest BCUT2D eigenvalue weighted by molar-refractivity contribution is 0.195. The fourth-order valence-electron chi connectivity index (χ4n) is 12.7. The van der Waals surface area contributed by atoms with Gasteiger partial charge in [-0.1, -0.05) is 174 Å². The van der Waals surface area contributed by atoms with Crippen LogP contribution < -0.4 is 20.6 Å². The molecule has 4 aliphatic heterocycles. The molecule has 0 saturated heterocycles. The van der Waals surface area contributed by atoms with Gasteiger partial charge < -0.3 is 9.71 Å². The molecule has 4 heterocycles. The van der Waals surface area contributed by atoms with Crippen molar-refractivity contribution in [3.05, 3.63) is 191 Å². The molecular formula is C56H51BN2. The molecule has 288 valence electrons. The van der Waals surface area contributed by atoms with Gasteiger partial charge in [0.25, 0.3) is 0 Å². The highest BCUT2D eigenvalue weighted by molar-refractivity contribution is 6.93. The second-order valence-corrected chi connectivity index (χ2v) is 19.6. The van der Waals surface area contributed by atoms with Crippen LogP contribution in [0.3, 0.4) is 0 Å². The number of fused-ring (bicyclic) bond motifs is 9.